The summed E-state index contributed by atoms with van der Waals surface area (Å²) >= 11 is 5.77. The number of carbonyl (C=O) groups is 1. The fourth-order valence-electron chi connectivity index (χ4n) is 1.81. The Hall–Kier alpha value is -1.61. The molecule has 0 fully saturated rings. The maximum absolute atomic E-state index is 12.3. The second-order valence-corrected chi connectivity index (χ2v) is 5.39. The zero-order valence-electron chi connectivity index (χ0n) is 10.6. The first kappa shape index (κ1) is 12.8. The van der Waals surface area contributed by atoms with Gasteiger partial charge in [-0.1, -0.05) is 50.6 Å². The molecule has 4 heteroatoms. The van der Waals surface area contributed by atoms with Crippen LogP contribution in [0.2, 0.25) is 0 Å². The summed E-state index contributed by atoms with van der Waals surface area (Å²) < 4.78 is 0. The number of hydrazone groups is 1. The quantitative estimate of drug-likeness (QED) is 0.713. The van der Waals surface area contributed by atoms with Gasteiger partial charge in [-0.25, -0.2) is 0 Å². The van der Waals surface area contributed by atoms with E-state index < -0.39 is 0 Å². The van der Waals surface area contributed by atoms with Crippen molar-refractivity contribution >= 4 is 28.9 Å². The van der Waals surface area contributed by atoms with Gasteiger partial charge in [-0.3, -0.25) is 4.79 Å². The number of rotatable bonds is 1. The van der Waals surface area contributed by atoms with Crippen LogP contribution in [0.15, 0.2) is 46.5 Å². The maximum atomic E-state index is 12.3. The monoisotopic (exact) mass is 262 g/mol. The first-order valence-corrected chi connectivity index (χ1v) is 6.18. The lowest BCUT2D eigenvalue weighted by molar-refractivity contribution is -0.114. The number of hydrogen-bond acceptors (Lipinski definition) is 2. The Kier molecular flexibility index (Phi) is 3.26. The molecule has 1 heterocycles. The molecule has 18 heavy (non-hydrogen) atoms. The van der Waals surface area contributed by atoms with Crippen LogP contribution < -0.4 is 5.01 Å². The zero-order valence-corrected chi connectivity index (χ0v) is 11.4. The maximum Gasteiger partial charge on any atom is 0.281 e. The predicted octanol–water partition coefficient (Wildman–Crippen LogP) is 3.56. The summed E-state index contributed by atoms with van der Waals surface area (Å²) in [5.41, 5.74) is 3.02. The van der Waals surface area contributed by atoms with Crippen molar-refractivity contribution in [3.8, 4) is 0 Å². The van der Waals surface area contributed by atoms with Gasteiger partial charge in [-0.05, 0) is 12.1 Å². The number of anilines is 1. The summed E-state index contributed by atoms with van der Waals surface area (Å²) in [4.78, 5) is 12.3. The van der Waals surface area contributed by atoms with Crippen LogP contribution in [0.5, 0.6) is 0 Å². The highest BCUT2D eigenvalue weighted by molar-refractivity contribution is 6.38. The normalized spacial score (nSPS) is 18.4. The SMILES string of the molecule is CC(C)(C)C1=NN(c2ccccc2)C(=O)C1=CCl. The highest BCUT2D eigenvalue weighted by Crippen LogP contribution is 2.31. The number of hydrogen-bond donors (Lipinski definition) is 0. The lowest BCUT2D eigenvalue weighted by atomic mass is 9.86. The van der Waals surface area contributed by atoms with Crippen LogP contribution in [-0.4, -0.2) is 11.6 Å². The Morgan fingerprint density at radius 2 is 1.83 bits per heavy atom. The molecule has 0 bridgehead atoms. The minimum atomic E-state index is -0.222. The van der Waals surface area contributed by atoms with Crippen molar-refractivity contribution in [2.24, 2.45) is 10.5 Å². The number of halogens is 1. The standard InChI is InChI=1S/C14H15ClN2O/c1-14(2,3)12-11(9-15)13(18)17(16-12)10-7-5-4-6-8-10/h4-9H,1-3H3. The van der Waals surface area contributed by atoms with Gasteiger partial charge in [0.1, 0.15) is 0 Å². The number of nitrogens with zero attached hydrogens (tertiary/aromatic N) is 2. The Balaban J connectivity index is 2.47. The van der Waals surface area contributed by atoms with Gasteiger partial charge >= 0.3 is 0 Å². The molecule has 1 aliphatic heterocycles. The molecule has 1 aliphatic rings. The van der Waals surface area contributed by atoms with Gasteiger partial charge in [0.2, 0.25) is 0 Å². The summed E-state index contributed by atoms with van der Waals surface area (Å²) in [6.07, 6.45) is 0. The third-order valence-electron chi connectivity index (χ3n) is 2.70. The molecule has 1 aromatic carbocycles. The lowest BCUT2D eigenvalue weighted by Gasteiger charge is -2.17. The molecule has 0 unspecified atom stereocenters. The van der Waals surface area contributed by atoms with Gasteiger partial charge in [0.05, 0.1) is 17.0 Å². The van der Waals surface area contributed by atoms with Crippen molar-refractivity contribution in [2.75, 3.05) is 5.01 Å². The van der Waals surface area contributed by atoms with Crippen molar-refractivity contribution in [3.05, 3.63) is 41.4 Å². The van der Waals surface area contributed by atoms with Crippen LogP contribution in [-0.2, 0) is 4.79 Å². The van der Waals surface area contributed by atoms with Crippen molar-refractivity contribution in [1.82, 2.24) is 0 Å². The molecule has 3 nitrogen and oxygen atoms in total. The summed E-state index contributed by atoms with van der Waals surface area (Å²) in [6, 6.07) is 9.34. The smallest absolute Gasteiger partial charge is 0.267 e. The second-order valence-electron chi connectivity index (χ2n) is 5.17. The third kappa shape index (κ3) is 2.18. The lowest BCUT2D eigenvalue weighted by Crippen LogP contribution is -2.23. The highest BCUT2D eigenvalue weighted by atomic mass is 35.5. The molecule has 0 N–H and O–H groups in total. The average molecular weight is 263 g/mol. The first-order chi connectivity index (χ1) is 8.45. The second kappa shape index (κ2) is 4.58. The van der Waals surface area contributed by atoms with E-state index in [0.29, 0.717) is 11.3 Å². The summed E-state index contributed by atoms with van der Waals surface area (Å²) in [5.74, 6) is -0.180. The van der Waals surface area contributed by atoms with E-state index >= 15 is 0 Å². The number of para-hydroxylation sites is 1. The number of benzene rings is 1. The fraction of sp³-hybridized carbons (Fsp3) is 0.286. The van der Waals surface area contributed by atoms with E-state index in [2.05, 4.69) is 5.10 Å². The van der Waals surface area contributed by atoms with E-state index in [1.165, 1.54) is 10.5 Å². The van der Waals surface area contributed by atoms with Crippen LogP contribution in [0.3, 0.4) is 0 Å². The third-order valence-corrected chi connectivity index (χ3v) is 2.92. The van der Waals surface area contributed by atoms with E-state index in [1.807, 2.05) is 51.1 Å². The van der Waals surface area contributed by atoms with Crippen molar-refractivity contribution in [1.29, 1.82) is 0 Å². The van der Waals surface area contributed by atoms with E-state index in [1.54, 1.807) is 0 Å². The molecule has 94 valence electrons. The van der Waals surface area contributed by atoms with E-state index in [-0.39, 0.29) is 11.3 Å². The van der Waals surface area contributed by atoms with Gasteiger partial charge in [0.15, 0.2) is 0 Å². The Morgan fingerprint density at radius 1 is 1.22 bits per heavy atom. The summed E-state index contributed by atoms with van der Waals surface area (Å²) in [5, 5.41) is 5.81. The largest absolute Gasteiger partial charge is 0.281 e. The molecule has 0 spiro atoms. The van der Waals surface area contributed by atoms with Gasteiger partial charge in [-0.2, -0.15) is 10.1 Å². The summed E-state index contributed by atoms with van der Waals surface area (Å²) in [7, 11) is 0. The highest BCUT2D eigenvalue weighted by Gasteiger charge is 2.36. The Morgan fingerprint density at radius 3 is 2.28 bits per heavy atom. The molecule has 0 saturated heterocycles. The van der Waals surface area contributed by atoms with Crippen LogP contribution in [0, 0.1) is 5.41 Å². The van der Waals surface area contributed by atoms with Gasteiger partial charge in [0, 0.05) is 11.0 Å². The van der Waals surface area contributed by atoms with Crippen molar-refractivity contribution in [2.45, 2.75) is 20.8 Å². The molecular weight excluding hydrogens is 248 g/mol. The summed E-state index contributed by atoms with van der Waals surface area (Å²) in [6.45, 7) is 6.02. The molecule has 1 amide bonds. The fourth-order valence-corrected chi connectivity index (χ4v) is 2.01. The van der Waals surface area contributed by atoms with E-state index in [0.717, 1.165) is 5.69 Å². The molecule has 0 aromatic heterocycles. The minimum Gasteiger partial charge on any atom is -0.267 e. The molecule has 0 radical (unpaired) electrons. The average Bonchev–Trinajstić information content (AvgIpc) is 2.67. The molecular formula is C14H15ClN2O. The molecule has 1 aromatic rings. The number of carbonyl (C=O) groups excluding carboxylic acids is 1. The van der Waals surface area contributed by atoms with Gasteiger partial charge in [0.25, 0.3) is 5.91 Å². The minimum absolute atomic E-state index is 0.180. The van der Waals surface area contributed by atoms with Crippen LogP contribution in [0.25, 0.3) is 0 Å². The molecule has 0 aliphatic carbocycles. The van der Waals surface area contributed by atoms with E-state index in [4.69, 9.17) is 11.6 Å². The van der Waals surface area contributed by atoms with Crippen molar-refractivity contribution < 1.29 is 4.79 Å². The number of amides is 1. The van der Waals surface area contributed by atoms with Crippen LogP contribution in [0.4, 0.5) is 5.69 Å². The Labute approximate surface area is 112 Å². The Bertz CT molecular complexity index is 526. The van der Waals surface area contributed by atoms with Gasteiger partial charge < -0.3 is 0 Å². The predicted molar refractivity (Wildman–Crippen MR) is 74.8 cm³/mol. The topological polar surface area (TPSA) is 32.7 Å². The zero-order chi connectivity index (χ0) is 13.3. The van der Waals surface area contributed by atoms with Crippen molar-refractivity contribution in [3.63, 3.8) is 0 Å². The first-order valence-electron chi connectivity index (χ1n) is 5.74. The molecule has 0 atom stereocenters. The van der Waals surface area contributed by atoms with E-state index in [9.17, 15) is 4.79 Å². The van der Waals surface area contributed by atoms with Crippen LogP contribution >= 0.6 is 11.6 Å². The van der Waals surface area contributed by atoms with Crippen LogP contribution in [0.1, 0.15) is 20.8 Å². The molecule has 0 saturated carbocycles. The van der Waals surface area contributed by atoms with Gasteiger partial charge in [-0.15, -0.1) is 0 Å². The molecule has 2 rings (SSSR count).